The molecular weight excluding hydrogens is 298 g/mol. The van der Waals surface area contributed by atoms with Crippen molar-refractivity contribution in [2.24, 2.45) is 17.8 Å². The third-order valence-electron chi connectivity index (χ3n) is 5.45. The minimum absolute atomic E-state index is 0.143. The zero-order chi connectivity index (χ0) is 16.4. The van der Waals surface area contributed by atoms with Crippen molar-refractivity contribution in [3.63, 3.8) is 0 Å². The van der Waals surface area contributed by atoms with Crippen LogP contribution >= 0.6 is 0 Å². The number of rotatable bonds is 5. The molecule has 0 saturated heterocycles. The summed E-state index contributed by atoms with van der Waals surface area (Å²) < 4.78 is 5.77. The van der Waals surface area contributed by atoms with Crippen LogP contribution in [-0.4, -0.2) is 5.91 Å². The number of ether oxygens (including phenoxy) is 1. The Hall–Kier alpha value is -2.29. The van der Waals surface area contributed by atoms with E-state index in [1.165, 1.54) is 25.7 Å². The SMILES string of the molecule is O=C(C[C@H]1C[C@H]2CC[C@H]1C2)Nc1ccc(Oc2ccccc2)cc1. The Morgan fingerprint density at radius 1 is 0.958 bits per heavy atom. The van der Waals surface area contributed by atoms with Crippen LogP contribution in [-0.2, 0) is 4.79 Å². The summed E-state index contributed by atoms with van der Waals surface area (Å²) >= 11 is 0. The number of nitrogens with one attached hydrogen (secondary N) is 1. The summed E-state index contributed by atoms with van der Waals surface area (Å²) in [5, 5.41) is 3.02. The summed E-state index contributed by atoms with van der Waals surface area (Å²) in [5.74, 6) is 4.01. The molecule has 2 bridgehead atoms. The summed E-state index contributed by atoms with van der Waals surface area (Å²) in [6, 6.07) is 17.3. The molecule has 2 aliphatic rings. The molecule has 2 fully saturated rings. The van der Waals surface area contributed by atoms with Gasteiger partial charge in [0.2, 0.25) is 5.91 Å². The molecule has 2 aromatic carbocycles. The van der Waals surface area contributed by atoms with Crippen LogP contribution in [0.5, 0.6) is 11.5 Å². The predicted octanol–water partition coefficient (Wildman–Crippen LogP) is 5.24. The molecule has 2 aromatic rings. The molecule has 4 rings (SSSR count). The van der Waals surface area contributed by atoms with Crippen LogP contribution in [0.15, 0.2) is 54.6 Å². The number of hydrogen-bond donors (Lipinski definition) is 1. The predicted molar refractivity (Wildman–Crippen MR) is 95.1 cm³/mol. The molecule has 3 nitrogen and oxygen atoms in total. The first-order valence-electron chi connectivity index (χ1n) is 8.89. The van der Waals surface area contributed by atoms with Crippen molar-refractivity contribution in [1.29, 1.82) is 0 Å². The lowest BCUT2D eigenvalue weighted by Gasteiger charge is -2.20. The van der Waals surface area contributed by atoms with Crippen molar-refractivity contribution in [2.45, 2.75) is 32.1 Å². The second-order valence-electron chi connectivity index (χ2n) is 7.13. The Labute approximate surface area is 143 Å². The van der Waals surface area contributed by atoms with Gasteiger partial charge in [-0.2, -0.15) is 0 Å². The maximum absolute atomic E-state index is 12.3. The van der Waals surface area contributed by atoms with Gasteiger partial charge in [-0.25, -0.2) is 0 Å². The van der Waals surface area contributed by atoms with E-state index in [1.807, 2.05) is 54.6 Å². The lowest BCUT2D eigenvalue weighted by molar-refractivity contribution is -0.117. The summed E-state index contributed by atoms with van der Waals surface area (Å²) in [4.78, 5) is 12.3. The van der Waals surface area contributed by atoms with Crippen molar-refractivity contribution in [1.82, 2.24) is 0 Å². The second-order valence-corrected chi connectivity index (χ2v) is 7.13. The zero-order valence-electron chi connectivity index (χ0n) is 13.8. The Bertz CT molecular complexity index is 696. The molecule has 0 heterocycles. The molecule has 0 unspecified atom stereocenters. The van der Waals surface area contributed by atoms with Gasteiger partial charge >= 0.3 is 0 Å². The Morgan fingerprint density at radius 2 is 1.71 bits per heavy atom. The van der Waals surface area contributed by atoms with Gasteiger partial charge in [-0.05, 0) is 73.4 Å². The summed E-state index contributed by atoms with van der Waals surface area (Å²) in [5.41, 5.74) is 0.837. The highest BCUT2D eigenvalue weighted by Crippen LogP contribution is 2.49. The largest absolute Gasteiger partial charge is 0.457 e. The fourth-order valence-electron chi connectivity index (χ4n) is 4.31. The van der Waals surface area contributed by atoms with E-state index in [1.54, 1.807) is 0 Å². The van der Waals surface area contributed by atoms with Gasteiger partial charge in [-0.1, -0.05) is 24.6 Å². The number of para-hydroxylation sites is 1. The third kappa shape index (κ3) is 3.45. The van der Waals surface area contributed by atoms with Crippen LogP contribution in [0.2, 0.25) is 0 Å². The second kappa shape index (κ2) is 6.68. The molecule has 2 saturated carbocycles. The van der Waals surface area contributed by atoms with Gasteiger partial charge in [-0.3, -0.25) is 4.79 Å². The number of anilines is 1. The number of carbonyl (C=O) groups is 1. The maximum Gasteiger partial charge on any atom is 0.224 e. The number of fused-ring (bicyclic) bond motifs is 2. The third-order valence-corrected chi connectivity index (χ3v) is 5.45. The van der Waals surface area contributed by atoms with E-state index in [0.29, 0.717) is 12.3 Å². The highest BCUT2D eigenvalue weighted by molar-refractivity contribution is 5.90. The van der Waals surface area contributed by atoms with Crippen LogP contribution in [0.3, 0.4) is 0 Å². The minimum atomic E-state index is 0.143. The van der Waals surface area contributed by atoms with Crippen molar-refractivity contribution >= 4 is 11.6 Å². The fraction of sp³-hybridized carbons (Fsp3) is 0.381. The van der Waals surface area contributed by atoms with Gasteiger partial charge in [0.05, 0.1) is 0 Å². The summed E-state index contributed by atoms with van der Waals surface area (Å²) in [6.45, 7) is 0. The lowest BCUT2D eigenvalue weighted by atomic mass is 9.86. The van der Waals surface area contributed by atoms with Crippen molar-refractivity contribution < 1.29 is 9.53 Å². The monoisotopic (exact) mass is 321 g/mol. The van der Waals surface area contributed by atoms with Gasteiger partial charge in [0.1, 0.15) is 11.5 Å². The first-order valence-corrected chi connectivity index (χ1v) is 8.89. The molecule has 1 amide bonds. The van der Waals surface area contributed by atoms with Crippen LogP contribution in [0, 0.1) is 17.8 Å². The van der Waals surface area contributed by atoms with E-state index in [0.717, 1.165) is 29.0 Å². The Morgan fingerprint density at radius 3 is 2.38 bits per heavy atom. The molecule has 0 radical (unpaired) electrons. The number of hydrogen-bond acceptors (Lipinski definition) is 2. The van der Waals surface area contributed by atoms with Gasteiger partial charge in [0.15, 0.2) is 0 Å². The molecule has 0 spiro atoms. The molecule has 0 aromatic heterocycles. The van der Waals surface area contributed by atoms with Crippen molar-refractivity contribution in [2.75, 3.05) is 5.32 Å². The van der Waals surface area contributed by atoms with E-state index in [4.69, 9.17) is 4.74 Å². The van der Waals surface area contributed by atoms with Crippen molar-refractivity contribution in [3.05, 3.63) is 54.6 Å². The normalized spacial score (nSPS) is 24.8. The molecular formula is C21H23NO2. The highest BCUT2D eigenvalue weighted by Gasteiger charge is 2.40. The topological polar surface area (TPSA) is 38.3 Å². The lowest BCUT2D eigenvalue weighted by Crippen LogP contribution is -2.20. The minimum Gasteiger partial charge on any atom is -0.457 e. The first-order chi connectivity index (χ1) is 11.8. The summed E-state index contributed by atoms with van der Waals surface area (Å²) in [7, 11) is 0. The Balaban J connectivity index is 1.31. The van der Waals surface area contributed by atoms with Gasteiger partial charge < -0.3 is 10.1 Å². The maximum atomic E-state index is 12.3. The molecule has 3 atom stereocenters. The van der Waals surface area contributed by atoms with E-state index >= 15 is 0 Å². The van der Waals surface area contributed by atoms with Crippen LogP contribution in [0.4, 0.5) is 5.69 Å². The highest BCUT2D eigenvalue weighted by atomic mass is 16.5. The van der Waals surface area contributed by atoms with E-state index in [-0.39, 0.29) is 5.91 Å². The van der Waals surface area contributed by atoms with Crippen LogP contribution < -0.4 is 10.1 Å². The zero-order valence-corrected chi connectivity index (χ0v) is 13.8. The van der Waals surface area contributed by atoms with E-state index < -0.39 is 0 Å². The van der Waals surface area contributed by atoms with Gasteiger partial charge in [0, 0.05) is 12.1 Å². The molecule has 0 aliphatic heterocycles. The van der Waals surface area contributed by atoms with E-state index in [9.17, 15) is 4.79 Å². The number of amides is 1. The quantitative estimate of drug-likeness (QED) is 0.817. The molecule has 1 N–H and O–H groups in total. The fourth-order valence-corrected chi connectivity index (χ4v) is 4.31. The van der Waals surface area contributed by atoms with Crippen LogP contribution in [0.1, 0.15) is 32.1 Å². The average Bonchev–Trinajstić information content (AvgIpc) is 3.20. The standard InChI is InChI=1S/C21H23NO2/c23-21(14-17-13-15-6-7-16(17)12-15)22-18-8-10-20(11-9-18)24-19-4-2-1-3-5-19/h1-5,8-11,15-17H,6-7,12-14H2,(H,22,23)/t15-,16-,17+/m0/s1. The van der Waals surface area contributed by atoms with Crippen LogP contribution in [0.25, 0.3) is 0 Å². The summed E-state index contributed by atoms with van der Waals surface area (Å²) in [6.07, 6.45) is 5.98. The first kappa shape index (κ1) is 15.3. The van der Waals surface area contributed by atoms with E-state index in [2.05, 4.69) is 5.32 Å². The average molecular weight is 321 g/mol. The smallest absolute Gasteiger partial charge is 0.224 e. The van der Waals surface area contributed by atoms with Gasteiger partial charge in [0.25, 0.3) is 0 Å². The molecule has 124 valence electrons. The molecule has 3 heteroatoms. The number of carbonyl (C=O) groups excluding carboxylic acids is 1. The van der Waals surface area contributed by atoms with Crippen molar-refractivity contribution in [3.8, 4) is 11.5 Å². The number of benzene rings is 2. The Kier molecular flexibility index (Phi) is 4.24. The van der Waals surface area contributed by atoms with Gasteiger partial charge in [-0.15, -0.1) is 0 Å². The molecule has 24 heavy (non-hydrogen) atoms. The molecule has 2 aliphatic carbocycles.